The molecule has 1 N–H and O–H groups in total. The van der Waals surface area contributed by atoms with Gasteiger partial charge in [0.05, 0.1) is 18.1 Å². The van der Waals surface area contributed by atoms with Gasteiger partial charge < -0.3 is 14.6 Å². The fourth-order valence-corrected chi connectivity index (χ4v) is 3.54. The van der Waals surface area contributed by atoms with Crippen molar-refractivity contribution in [2.24, 2.45) is 0 Å². The quantitative estimate of drug-likeness (QED) is 0.630. The molecule has 0 saturated heterocycles. The van der Waals surface area contributed by atoms with E-state index in [4.69, 9.17) is 14.6 Å². The average Bonchev–Trinajstić information content (AvgIpc) is 2.96. The molecule has 0 aromatic heterocycles. The Morgan fingerprint density at radius 3 is 2.48 bits per heavy atom. The fourth-order valence-electron chi connectivity index (χ4n) is 3.54. The fraction of sp³-hybridized carbons (Fsp3) is 0.381. The van der Waals surface area contributed by atoms with Crippen LogP contribution in [0.4, 0.5) is 17.6 Å². The highest BCUT2D eigenvalue weighted by Gasteiger charge is 2.42. The van der Waals surface area contributed by atoms with E-state index in [0.29, 0.717) is 12.2 Å². The van der Waals surface area contributed by atoms with Crippen molar-refractivity contribution in [1.82, 2.24) is 0 Å². The molecule has 0 amide bonds. The summed E-state index contributed by atoms with van der Waals surface area (Å²) in [5, 5.41) is 8.99. The number of carboxylic acids is 1. The summed E-state index contributed by atoms with van der Waals surface area (Å²) in [7, 11) is 0. The van der Waals surface area contributed by atoms with Crippen molar-refractivity contribution in [3.8, 4) is 5.75 Å². The molecule has 0 unspecified atom stereocenters. The lowest BCUT2D eigenvalue weighted by Gasteiger charge is -2.19. The molecule has 0 fully saturated rings. The first-order valence-electron chi connectivity index (χ1n) is 9.13. The lowest BCUT2D eigenvalue weighted by atomic mass is 10.0. The third kappa shape index (κ3) is 4.70. The van der Waals surface area contributed by atoms with Gasteiger partial charge in [-0.15, -0.1) is 0 Å². The zero-order valence-electron chi connectivity index (χ0n) is 15.6. The number of aliphatic carboxylic acids is 1. The van der Waals surface area contributed by atoms with E-state index in [9.17, 15) is 22.4 Å². The van der Waals surface area contributed by atoms with Crippen molar-refractivity contribution in [1.29, 1.82) is 0 Å². The van der Waals surface area contributed by atoms with E-state index in [0.717, 1.165) is 6.07 Å². The summed E-state index contributed by atoms with van der Waals surface area (Å²) in [6.07, 6.45) is -8.51. The standard InChI is InChI=1S/C21H20F4O4/c1-2-28-18(11-19(26)27)12-6-8-13(9-7-12)29-20-14-4-3-5-16(21(23,24)25)15(14)10-17(20)22/h3-9,17-18,20H,2,10-11H2,1H3,(H,26,27)/t17-,18+,20+/m1/s1. The normalized spacial score (nSPS) is 19.6. The van der Waals surface area contributed by atoms with Crippen LogP contribution in [-0.2, 0) is 22.1 Å². The summed E-state index contributed by atoms with van der Waals surface area (Å²) in [6, 6.07) is 9.91. The Kier molecular flexibility index (Phi) is 6.12. The zero-order chi connectivity index (χ0) is 21.2. The molecule has 0 bridgehead atoms. The average molecular weight is 412 g/mol. The van der Waals surface area contributed by atoms with Crippen LogP contribution >= 0.6 is 0 Å². The van der Waals surface area contributed by atoms with E-state index in [1.807, 2.05) is 0 Å². The smallest absolute Gasteiger partial charge is 0.416 e. The Balaban J connectivity index is 1.80. The number of alkyl halides is 4. The van der Waals surface area contributed by atoms with Crippen LogP contribution in [0.1, 0.15) is 47.8 Å². The second-order valence-corrected chi connectivity index (χ2v) is 6.74. The van der Waals surface area contributed by atoms with Crippen molar-refractivity contribution in [2.45, 2.75) is 44.3 Å². The number of fused-ring (bicyclic) bond motifs is 1. The molecular weight excluding hydrogens is 392 g/mol. The SMILES string of the molecule is CCO[C@@H](CC(=O)O)c1ccc(O[C@H]2c3cccc(C(F)(F)F)c3C[C@H]2F)cc1. The molecule has 1 aliphatic rings. The molecule has 0 heterocycles. The first kappa shape index (κ1) is 21.1. The molecule has 0 radical (unpaired) electrons. The number of carbonyl (C=O) groups is 1. The topological polar surface area (TPSA) is 55.8 Å². The molecule has 156 valence electrons. The van der Waals surface area contributed by atoms with Gasteiger partial charge in [0.2, 0.25) is 0 Å². The minimum Gasteiger partial charge on any atom is -0.483 e. The Labute approximate surface area is 165 Å². The number of benzene rings is 2. The Morgan fingerprint density at radius 2 is 1.90 bits per heavy atom. The van der Waals surface area contributed by atoms with Crippen LogP contribution in [0.3, 0.4) is 0 Å². The van der Waals surface area contributed by atoms with Crippen molar-refractivity contribution in [2.75, 3.05) is 6.61 Å². The van der Waals surface area contributed by atoms with Crippen molar-refractivity contribution >= 4 is 5.97 Å². The van der Waals surface area contributed by atoms with Crippen molar-refractivity contribution < 1.29 is 36.9 Å². The second kappa shape index (κ2) is 8.41. The van der Waals surface area contributed by atoms with Gasteiger partial charge in [-0.1, -0.05) is 24.3 Å². The first-order chi connectivity index (χ1) is 13.7. The highest BCUT2D eigenvalue weighted by atomic mass is 19.4. The van der Waals surface area contributed by atoms with Crippen LogP contribution in [0.2, 0.25) is 0 Å². The minimum atomic E-state index is -4.56. The summed E-state index contributed by atoms with van der Waals surface area (Å²) >= 11 is 0. The predicted molar refractivity (Wildman–Crippen MR) is 96.5 cm³/mol. The summed E-state index contributed by atoms with van der Waals surface area (Å²) in [4.78, 5) is 11.0. The van der Waals surface area contributed by atoms with Crippen LogP contribution < -0.4 is 4.74 Å². The second-order valence-electron chi connectivity index (χ2n) is 6.74. The maximum absolute atomic E-state index is 14.5. The molecule has 0 saturated carbocycles. The summed E-state index contributed by atoms with van der Waals surface area (Å²) in [5.41, 5.74) is -0.113. The largest absolute Gasteiger partial charge is 0.483 e. The molecule has 1 aliphatic carbocycles. The maximum Gasteiger partial charge on any atom is 0.416 e. The third-order valence-electron chi connectivity index (χ3n) is 4.79. The van der Waals surface area contributed by atoms with Crippen molar-refractivity contribution in [3.63, 3.8) is 0 Å². The number of ether oxygens (including phenoxy) is 2. The van der Waals surface area contributed by atoms with E-state index >= 15 is 0 Å². The lowest BCUT2D eigenvalue weighted by molar-refractivity contribution is -0.140. The number of carboxylic acid groups (broad SMARTS) is 1. The molecule has 3 rings (SSSR count). The zero-order valence-corrected chi connectivity index (χ0v) is 15.6. The van der Waals surface area contributed by atoms with Crippen molar-refractivity contribution in [3.05, 3.63) is 64.7 Å². The Bertz CT molecular complexity index is 864. The van der Waals surface area contributed by atoms with Crippen LogP contribution in [0.5, 0.6) is 5.75 Å². The minimum absolute atomic E-state index is 0.0769. The maximum atomic E-state index is 14.5. The van der Waals surface area contributed by atoms with Crippen LogP contribution in [0.25, 0.3) is 0 Å². The molecule has 2 aromatic rings. The first-order valence-corrected chi connectivity index (χ1v) is 9.13. The summed E-state index contributed by atoms with van der Waals surface area (Å²) < 4.78 is 65.1. The molecule has 0 spiro atoms. The Hall–Kier alpha value is -2.61. The van der Waals surface area contributed by atoms with Gasteiger partial charge in [-0.25, -0.2) is 4.39 Å². The van der Waals surface area contributed by atoms with Gasteiger partial charge >= 0.3 is 12.1 Å². The Morgan fingerprint density at radius 1 is 1.21 bits per heavy atom. The van der Waals surface area contributed by atoms with Crippen LogP contribution in [-0.4, -0.2) is 23.9 Å². The van der Waals surface area contributed by atoms with Crippen LogP contribution in [0, 0.1) is 0 Å². The molecular formula is C21H20F4O4. The third-order valence-corrected chi connectivity index (χ3v) is 4.79. The molecule has 2 aromatic carbocycles. The van der Waals surface area contributed by atoms with E-state index in [1.165, 1.54) is 24.3 Å². The van der Waals surface area contributed by atoms with E-state index in [1.54, 1.807) is 19.1 Å². The summed E-state index contributed by atoms with van der Waals surface area (Å²) in [5.74, 6) is -0.732. The van der Waals surface area contributed by atoms with E-state index < -0.39 is 36.1 Å². The van der Waals surface area contributed by atoms with Gasteiger partial charge in [-0.3, -0.25) is 4.79 Å². The number of halogens is 4. The highest BCUT2D eigenvalue weighted by molar-refractivity contribution is 5.67. The molecule has 3 atom stereocenters. The monoisotopic (exact) mass is 412 g/mol. The predicted octanol–water partition coefficient (Wildman–Crippen LogP) is 5.27. The van der Waals surface area contributed by atoms with Gasteiger partial charge in [-0.2, -0.15) is 13.2 Å². The van der Waals surface area contributed by atoms with Gasteiger partial charge in [0, 0.05) is 13.0 Å². The van der Waals surface area contributed by atoms with Crippen LogP contribution in [0.15, 0.2) is 42.5 Å². The summed E-state index contributed by atoms with van der Waals surface area (Å²) in [6.45, 7) is 2.08. The van der Waals surface area contributed by atoms with E-state index in [-0.39, 0.29) is 29.7 Å². The molecule has 29 heavy (non-hydrogen) atoms. The molecule has 0 aliphatic heterocycles. The van der Waals surface area contributed by atoms with Gasteiger partial charge in [0.15, 0.2) is 6.10 Å². The van der Waals surface area contributed by atoms with Gasteiger partial charge in [0.1, 0.15) is 11.9 Å². The highest BCUT2D eigenvalue weighted by Crippen LogP contribution is 2.43. The molecule has 4 nitrogen and oxygen atoms in total. The van der Waals surface area contributed by atoms with Gasteiger partial charge in [-0.05, 0) is 41.8 Å². The number of hydrogen-bond acceptors (Lipinski definition) is 3. The van der Waals surface area contributed by atoms with E-state index in [2.05, 4.69) is 0 Å². The number of hydrogen-bond donors (Lipinski definition) is 1. The molecule has 8 heteroatoms. The number of rotatable bonds is 7. The lowest BCUT2D eigenvalue weighted by Crippen LogP contribution is -2.15. The van der Waals surface area contributed by atoms with Gasteiger partial charge in [0.25, 0.3) is 0 Å².